The van der Waals surface area contributed by atoms with Gasteiger partial charge in [0, 0.05) is 17.6 Å². The third-order valence-electron chi connectivity index (χ3n) is 2.96. The van der Waals surface area contributed by atoms with Gasteiger partial charge in [0.15, 0.2) is 6.23 Å². The van der Waals surface area contributed by atoms with E-state index in [9.17, 15) is 0 Å². The van der Waals surface area contributed by atoms with Crippen molar-refractivity contribution in [1.29, 1.82) is 0 Å². The summed E-state index contributed by atoms with van der Waals surface area (Å²) in [6.45, 7) is 2.09. The second kappa shape index (κ2) is 5.84. The fraction of sp³-hybridized carbons (Fsp3) is 0.429. The summed E-state index contributed by atoms with van der Waals surface area (Å²) in [7, 11) is 5.62. The fourth-order valence-electron chi connectivity index (χ4n) is 1.98. The molecule has 1 aromatic heterocycles. The molecule has 0 saturated heterocycles. The van der Waals surface area contributed by atoms with E-state index in [-0.39, 0.29) is 6.23 Å². The molecule has 2 rings (SSSR count). The summed E-state index contributed by atoms with van der Waals surface area (Å²) < 4.78 is 11.3. The largest absolute Gasteiger partial charge is 0.494 e. The van der Waals surface area contributed by atoms with Crippen LogP contribution < -0.4 is 9.47 Å². The number of nitrogens with zero attached hydrogens (tertiary/aromatic N) is 3. The van der Waals surface area contributed by atoms with E-state index in [2.05, 4.69) is 16.9 Å². The molecular weight excluding hydrogens is 242 g/mol. The highest BCUT2D eigenvalue weighted by molar-refractivity contribution is 5.85. The van der Waals surface area contributed by atoms with Crippen molar-refractivity contribution in [3.05, 3.63) is 24.7 Å². The Bertz CT molecular complexity index is 557. The first-order valence-electron chi connectivity index (χ1n) is 6.26. The average molecular weight is 261 g/mol. The van der Waals surface area contributed by atoms with Crippen molar-refractivity contribution in [3.8, 4) is 11.5 Å². The van der Waals surface area contributed by atoms with Gasteiger partial charge in [0.05, 0.1) is 7.11 Å². The van der Waals surface area contributed by atoms with Crippen LogP contribution in [0.5, 0.6) is 11.5 Å². The lowest BCUT2D eigenvalue weighted by Crippen LogP contribution is -2.32. The first-order chi connectivity index (χ1) is 9.15. The van der Waals surface area contributed by atoms with Crippen LogP contribution in [0.3, 0.4) is 0 Å². The molecule has 1 unspecified atom stereocenters. The zero-order chi connectivity index (χ0) is 13.8. The van der Waals surface area contributed by atoms with E-state index < -0.39 is 0 Å². The van der Waals surface area contributed by atoms with Crippen LogP contribution in [0.4, 0.5) is 0 Å². The Balaban J connectivity index is 2.39. The molecule has 0 N–H and O–H groups in total. The minimum Gasteiger partial charge on any atom is -0.494 e. The molecule has 102 valence electrons. The van der Waals surface area contributed by atoms with Gasteiger partial charge >= 0.3 is 0 Å². The Morgan fingerprint density at radius 2 is 2.11 bits per heavy atom. The van der Waals surface area contributed by atoms with E-state index in [0.717, 1.165) is 23.1 Å². The molecule has 0 aliphatic carbocycles. The number of ether oxygens (including phenoxy) is 2. The molecule has 1 aromatic carbocycles. The van der Waals surface area contributed by atoms with Crippen LogP contribution in [0.1, 0.15) is 13.3 Å². The van der Waals surface area contributed by atoms with Crippen molar-refractivity contribution >= 4 is 10.9 Å². The maximum atomic E-state index is 5.97. The molecule has 0 aliphatic rings. The van der Waals surface area contributed by atoms with E-state index >= 15 is 0 Å². The van der Waals surface area contributed by atoms with Gasteiger partial charge in [0.1, 0.15) is 23.3 Å². The van der Waals surface area contributed by atoms with Gasteiger partial charge < -0.3 is 9.47 Å². The number of benzene rings is 1. The van der Waals surface area contributed by atoms with E-state index in [1.807, 2.05) is 31.1 Å². The third-order valence-corrected chi connectivity index (χ3v) is 2.96. The number of rotatable bonds is 5. The Hall–Kier alpha value is -1.88. The minimum atomic E-state index is 0.0341. The molecule has 2 aromatic rings. The first kappa shape index (κ1) is 13.5. The number of aromatic nitrogens is 2. The van der Waals surface area contributed by atoms with E-state index in [4.69, 9.17) is 9.47 Å². The molecular formula is C14H19N3O2. The van der Waals surface area contributed by atoms with Gasteiger partial charge in [-0.2, -0.15) is 0 Å². The van der Waals surface area contributed by atoms with Crippen LogP contribution in [0.2, 0.25) is 0 Å². The average Bonchev–Trinajstić information content (AvgIpc) is 2.43. The summed E-state index contributed by atoms with van der Waals surface area (Å²) in [6, 6.07) is 3.80. The molecule has 1 heterocycles. The summed E-state index contributed by atoms with van der Waals surface area (Å²) in [5.41, 5.74) is 0.794. The topological polar surface area (TPSA) is 47.5 Å². The molecule has 5 nitrogen and oxygen atoms in total. The van der Waals surface area contributed by atoms with Crippen LogP contribution in [0.15, 0.2) is 24.7 Å². The molecule has 5 heteroatoms. The normalized spacial score (nSPS) is 12.7. The molecule has 0 radical (unpaired) electrons. The van der Waals surface area contributed by atoms with Crippen molar-refractivity contribution in [1.82, 2.24) is 14.9 Å². The van der Waals surface area contributed by atoms with Gasteiger partial charge in [-0.3, -0.25) is 4.90 Å². The number of fused-ring (bicyclic) bond motifs is 1. The maximum absolute atomic E-state index is 5.97. The van der Waals surface area contributed by atoms with Crippen LogP contribution in [-0.2, 0) is 0 Å². The highest BCUT2D eigenvalue weighted by Gasteiger charge is 2.13. The standard InChI is InChI=1S/C14H19N3O2/c1-5-13(17(2)3)19-11-6-10-8-15-9-16-14(10)12(7-11)18-4/h6-9,13H,5H2,1-4H3. The third kappa shape index (κ3) is 2.93. The molecule has 0 spiro atoms. The Morgan fingerprint density at radius 3 is 2.74 bits per heavy atom. The SMILES string of the molecule is CCC(Oc1cc(OC)c2ncncc2c1)N(C)C. The van der Waals surface area contributed by atoms with Crippen LogP contribution in [0, 0.1) is 0 Å². The van der Waals surface area contributed by atoms with Gasteiger partial charge in [-0.25, -0.2) is 9.97 Å². The summed E-state index contributed by atoms with van der Waals surface area (Å²) in [4.78, 5) is 10.3. The van der Waals surface area contributed by atoms with Gasteiger partial charge in [-0.05, 0) is 26.6 Å². The predicted molar refractivity (Wildman–Crippen MR) is 74.5 cm³/mol. The second-order valence-corrected chi connectivity index (χ2v) is 4.53. The summed E-state index contributed by atoms with van der Waals surface area (Å²) in [5, 5.41) is 0.908. The lowest BCUT2D eigenvalue weighted by Gasteiger charge is -2.24. The molecule has 0 bridgehead atoms. The van der Waals surface area contributed by atoms with Crippen molar-refractivity contribution < 1.29 is 9.47 Å². The molecule has 1 atom stereocenters. The first-order valence-corrected chi connectivity index (χ1v) is 6.26. The smallest absolute Gasteiger partial charge is 0.151 e. The molecule has 0 saturated carbocycles. The van der Waals surface area contributed by atoms with E-state index in [1.165, 1.54) is 6.33 Å². The number of hydrogen-bond acceptors (Lipinski definition) is 5. The molecule has 19 heavy (non-hydrogen) atoms. The minimum absolute atomic E-state index is 0.0341. The number of hydrogen-bond donors (Lipinski definition) is 0. The quantitative estimate of drug-likeness (QED) is 0.773. The van der Waals surface area contributed by atoms with E-state index in [1.54, 1.807) is 13.3 Å². The van der Waals surface area contributed by atoms with Crippen molar-refractivity contribution in [2.75, 3.05) is 21.2 Å². The summed E-state index contributed by atoms with van der Waals surface area (Å²) in [6.07, 6.45) is 4.21. The molecule has 0 amide bonds. The molecule has 0 aliphatic heterocycles. The van der Waals surface area contributed by atoms with Crippen LogP contribution in [0.25, 0.3) is 10.9 Å². The van der Waals surface area contributed by atoms with Gasteiger partial charge in [-0.1, -0.05) is 6.92 Å². The zero-order valence-electron chi connectivity index (χ0n) is 11.8. The monoisotopic (exact) mass is 261 g/mol. The van der Waals surface area contributed by atoms with Crippen molar-refractivity contribution in [3.63, 3.8) is 0 Å². The summed E-state index contributed by atoms with van der Waals surface area (Å²) in [5.74, 6) is 1.46. The fourth-order valence-corrected chi connectivity index (χ4v) is 1.98. The Morgan fingerprint density at radius 1 is 1.32 bits per heavy atom. The second-order valence-electron chi connectivity index (χ2n) is 4.53. The number of methoxy groups -OCH3 is 1. The van der Waals surface area contributed by atoms with Crippen molar-refractivity contribution in [2.45, 2.75) is 19.6 Å². The highest BCUT2D eigenvalue weighted by atomic mass is 16.5. The van der Waals surface area contributed by atoms with Gasteiger partial charge in [0.25, 0.3) is 0 Å². The lowest BCUT2D eigenvalue weighted by atomic mass is 10.2. The van der Waals surface area contributed by atoms with Crippen LogP contribution >= 0.6 is 0 Å². The van der Waals surface area contributed by atoms with Gasteiger partial charge in [-0.15, -0.1) is 0 Å². The maximum Gasteiger partial charge on any atom is 0.151 e. The zero-order valence-corrected chi connectivity index (χ0v) is 11.8. The Kier molecular flexibility index (Phi) is 4.16. The Labute approximate surface area is 113 Å². The summed E-state index contributed by atoms with van der Waals surface area (Å²) >= 11 is 0. The van der Waals surface area contributed by atoms with Crippen molar-refractivity contribution in [2.24, 2.45) is 0 Å². The van der Waals surface area contributed by atoms with Gasteiger partial charge in [0.2, 0.25) is 0 Å². The lowest BCUT2D eigenvalue weighted by molar-refractivity contribution is 0.0612. The highest BCUT2D eigenvalue weighted by Crippen LogP contribution is 2.29. The predicted octanol–water partition coefficient (Wildman–Crippen LogP) is 2.31. The van der Waals surface area contributed by atoms with E-state index in [0.29, 0.717) is 5.75 Å². The molecule has 0 fully saturated rings. The van der Waals surface area contributed by atoms with Crippen LogP contribution in [-0.4, -0.2) is 42.3 Å².